The number of carbonyl (C=O) groups excluding carboxylic acids is 1. The van der Waals surface area contributed by atoms with Gasteiger partial charge in [0, 0.05) is 13.2 Å². The largest absolute Gasteiger partial charge is 0.481 e. The number of nitrogens with one attached hydrogen (secondary N) is 1. The number of hydrogen-bond donors (Lipinski definition) is 2. The minimum Gasteiger partial charge on any atom is -0.481 e. The Morgan fingerprint density at radius 3 is 2.77 bits per heavy atom. The summed E-state index contributed by atoms with van der Waals surface area (Å²) in [5.74, 6) is -3.41. The first-order valence-corrected chi connectivity index (χ1v) is 6.54. The highest BCUT2D eigenvalue weighted by molar-refractivity contribution is 6.28. The van der Waals surface area contributed by atoms with E-state index < -0.39 is 34.9 Å². The maximum absolute atomic E-state index is 12.9. The SMILES string of the molecule is Cn1cc(C(=O)NC2(Cl)C=CC=C[C@H]2C(=O)O)c(C(F)F)n1. The van der Waals surface area contributed by atoms with Gasteiger partial charge in [-0.25, -0.2) is 8.78 Å². The van der Waals surface area contributed by atoms with Crippen LogP contribution >= 0.6 is 11.6 Å². The standard InChI is InChI=1S/C13H12ClF2N3O3/c1-19-6-7(9(18-19)10(15)16)11(20)17-13(14)5-3-2-4-8(13)12(21)22/h2-6,8,10H,1H3,(H,17,20)(H,21,22)/t8-,13?/m0/s1. The predicted molar refractivity (Wildman–Crippen MR) is 73.6 cm³/mol. The average Bonchev–Trinajstić information content (AvgIpc) is 2.81. The highest BCUT2D eigenvalue weighted by Crippen LogP contribution is 2.30. The number of hydrogen-bond acceptors (Lipinski definition) is 3. The predicted octanol–water partition coefficient (Wildman–Crippen LogP) is 1.85. The van der Waals surface area contributed by atoms with Crippen molar-refractivity contribution >= 4 is 23.5 Å². The first-order valence-electron chi connectivity index (χ1n) is 6.16. The molecule has 0 saturated heterocycles. The molecule has 2 atom stereocenters. The minimum atomic E-state index is -2.94. The van der Waals surface area contributed by atoms with Gasteiger partial charge >= 0.3 is 5.97 Å². The Morgan fingerprint density at radius 1 is 1.50 bits per heavy atom. The number of carbonyl (C=O) groups is 2. The monoisotopic (exact) mass is 331 g/mol. The van der Waals surface area contributed by atoms with Crippen molar-refractivity contribution in [2.24, 2.45) is 13.0 Å². The summed E-state index contributed by atoms with van der Waals surface area (Å²) in [6.07, 6.45) is 3.70. The fraction of sp³-hybridized carbons (Fsp3) is 0.308. The lowest BCUT2D eigenvalue weighted by Gasteiger charge is -2.30. The van der Waals surface area contributed by atoms with Gasteiger partial charge in [0.25, 0.3) is 12.3 Å². The Kier molecular flexibility index (Phi) is 4.32. The van der Waals surface area contributed by atoms with E-state index in [1.54, 1.807) is 0 Å². The Bertz CT molecular complexity index is 671. The topological polar surface area (TPSA) is 84.2 Å². The molecule has 0 bridgehead atoms. The average molecular weight is 332 g/mol. The zero-order valence-electron chi connectivity index (χ0n) is 11.3. The summed E-state index contributed by atoms with van der Waals surface area (Å²) >= 11 is 6.15. The summed E-state index contributed by atoms with van der Waals surface area (Å²) < 4.78 is 26.8. The van der Waals surface area contributed by atoms with E-state index >= 15 is 0 Å². The number of aromatic nitrogens is 2. The Balaban J connectivity index is 2.30. The molecule has 1 amide bonds. The fourth-order valence-corrected chi connectivity index (χ4v) is 2.40. The summed E-state index contributed by atoms with van der Waals surface area (Å²) in [5, 5.41) is 14.9. The normalized spacial score (nSPS) is 23.8. The van der Waals surface area contributed by atoms with E-state index in [0.717, 1.165) is 10.9 Å². The van der Waals surface area contributed by atoms with Gasteiger partial charge in [-0.3, -0.25) is 14.3 Å². The maximum Gasteiger partial charge on any atom is 0.314 e. The van der Waals surface area contributed by atoms with Crippen molar-refractivity contribution in [3.8, 4) is 0 Å². The molecule has 9 heteroatoms. The Hall–Kier alpha value is -2.22. The van der Waals surface area contributed by atoms with Crippen LogP contribution in [0.25, 0.3) is 0 Å². The van der Waals surface area contributed by atoms with E-state index in [0.29, 0.717) is 0 Å². The smallest absolute Gasteiger partial charge is 0.314 e. The van der Waals surface area contributed by atoms with Crippen LogP contribution in [0.4, 0.5) is 8.78 Å². The van der Waals surface area contributed by atoms with Crippen molar-refractivity contribution in [2.75, 3.05) is 0 Å². The number of alkyl halides is 3. The molecule has 0 radical (unpaired) electrons. The van der Waals surface area contributed by atoms with Crippen molar-refractivity contribution in [2.45, 2.75) is 11.4 Å². The summed E-state index contributed by atoms with van der Waals surface area (Å²) in [4.78, 5) is 21.7. The van der Waals surface area contributed by atoms with Gasteiger partial charge in [-0.1, -0.05) is 29.8 Å². The Morgan fingerprint density at radius 2 is 2.18 bits per heavy atom. The van der Waals surface area contributed by atoms with Crippen molar-refractivity contribution in [3.63, 3.8) is 0 Å². The third-order valence-corrected chi connectivity index (χ3v) is 3.54. The highest BCUT2D eigenvalue weighted by Gasteiger charge is 2.41. The van der Waals surface area contributed by atoms with Crippen molar-refractivity contribution < 1.29 is 23.5 Å². The molecule has 2 N–H and O–H groups in total. The lowest BCUT2D eigenvalue weighted by molar-refractivity contribution is -0.140. The van der Waals surface area contributed by atoms with Crippen molar-refractivity contribution in [1.29, 1.82) is 0 Å². The van der Waals surface area contributed by atoms with Gasteiger partial charge in [-0.05, 0) is 6.08 Å². The second-order valence-corrected chi connectivity index (χ2v) is 5.31. The first kappa shape index (κ1) is 16.2. The van der Waals surface area contributed by atoms with Crippen LogP contribution < -0.4 is 5.32 Å². The van der Waals surface area contributed by atoms with Gasteiger partial charge in [0.15, 0.2) is 5.00 Å². The van der Waals surface area contributed by atoms with Crippen molar-refractivity contribution in [3.05, 3.63) is 41.8 Å². The van der Waals surface area contributed by atoms with Crippen LogP contribution in [0.3, 0.4) is 0 Å². The van der Waals surface area contributed by atoms with E-state index in [-0.39, 0.29) is 5.56 Å². The fourth-order valence-electron chi connectivity index (χ4n) is 2.08. The number of carboxylic acid groups (broad SMARTS) is 1. The zero-order valence-corrected chi connectivity index (χ0v) is 12.1. The lowest BCUT2D eigenvalue weighted by atomic mass is 9.94. The van der Waals surface area contributed by atoms with Crippen LogP contribution in [0.15, 0.2) is 30.5 Å². The minimum absolute atomic E-state index is 0.357. The van der Waals surface area contributed by atoms with Crippen LogP contribution in [0.1, 0.15) is 22.5 Å². The molecule has 6 nitrogen and oxygen atoms in total. The molecule has 1 aromatic rings. The number of allylic oxidation sites excluding steroid dienone is 2. The molecule has 118 valence electrons. The number of nitrogens with zero attached hydrogens (tertiary/aromatic N) is 2. The van der Waals surface area contributed by atoms with E-state index in [2.05, 4.69) is 10.4 Å². The van der Waals surface area contributed by atoms with Crippen LogP contribution in [0.5, 0.6) is 0 Å². The molecule has 0 saturated carbocycles. The van der Waals surface area contributed by atoms with Crippen LogP contribution in [0.2, 0.25) is 0 Å². The molecule has 1 aliphatic rings. The summed E-state index contributed by atoms with van der Waals surface area (Å²) in [6.45, 7) is 0. The van der Waals surface area contributed by atoms with Gasteiger partial charge < -0.3 is 10.4 Å². The molecular weight excluding hydrogens is 320 g/mol. The Labute approximate surface area is 129 Å². The molecule has 22 heavy (non-hydrogen) atoms. The molecule has 0 spiro atoms. The van der Waals surface area contributed by atoms with Gasteiger partial charge in [-0.2, -0.15) is 5.10 Å². The summed E-state index contributed by atoms with van der Waals surface area (Å²) in [7, 11) is 1.39. The molecule has 1 heterocycles. The number of halogens is 3. The molecule has 2 rings (SSSR count). The second-order valence-electron chi connectivity index (χ2n) is 4.68. The molecule has 1 aromatic heterocycles. The van der Waals surface area contributed by atoms with E-state index in [1.807, 2.05) is 0 Å². The second kappa shape index (κ2) is 5.88. The first-order chi connectivity index (χ1) is 10.2. The van der Waals surface area contributed by atoms with E-state index in [4.69, 9.17) is 16.7 Å². The van der Waals surface area contributed by atoms with Gasteiger partial charge in [0.05, 0.1) is 5.56 Å². The van der Waals surface area contributed by atoms with E-state index in [1.165, 1.54) is 31.4 Å². The number of amides is 1. The molecule has 1 unspecified atom stereocenters. The summed E-state index contributed by atoms with van der Waals surface area (Å²) in [6, 6.07) is 0. The number of aryl methyl sites for hydroxylation is 1. The lowest BCUT2D eigenvalue weighted by Crippen LogP contribution is -2.50. The molecular formula is C13H12ClF2N3O3. The quantitative estimate of drug-likeness (QED) is 0.651. The van der Waals surface area contributed by atoms with E-state index in [9.17, 15) is 18.4 Å². The number of aliphatic carboxylic acids is 1. The van der Waals surface area contributed by atoms with Gasteiger partial charge in [0.2, 0.25) is 0 Å². The van der Waals surface area contributed by atoms with Crippen LogP contribution in [0, 0.1) is 5.92 Å². The number of carboxylic acids is 1. The maximum atomic E-state index is 12.9. The van der Waals surface area contributed by atoms with Gasteiger partial charge in [-0.15, -0.1) is 0 Å². The molecule has 0 aliphatic heterocycles. The van der Waals surface area contributed by atoms with Crippen LogP contribution in [-0.4, -0.2) is 31.8 Å². The molecule has 0 fully saturated rings. The molecule has 0 aromatic carbocycles. The third kappa shape index (κ3) is 3.01. The van der Waals surface area contributed by atoms with Crippen molar-refractivity contribution in [1.82, 2.24) is 15.1 Å². The summed E-state index contributed by atoms with van der Waals surface area (Å²) in [5.41, 5.74) is -1.05. The zero-order chi connectivity index (χ0) is 16.5. The molecule has 1 aliphatic carbocycles. The van der Waals surface area contributed by atoms with Gasteiger partial charge in [0.1, 0.15) is 11.6 Å². The number of rotatable bonds is 4. The van der Waals surface area contributed by atoms with Crippen LogP contribution in [-0.2, 0) is 11.8 Å². The third-order valence-electron chi connectivity index (χ3n) is 3.09. The highest BCUT2D eigenvalue weighted by atomic mass is 35.5.